The highest BCUT2D eigenvalue weighted by Gasteiger charge is 2.07. The van der Waals surface area contributed by atoms with Gasteiger partial charge in [-0.25, -0.2) is 0 Å². The Labute approximate surface area is 171 Å². The molecule has 27 heavy (non-hydrogen) atoms. The Morgan fingerprint density at radius 1 is 0.926 bits per heavy atom. The van der Waals surface area contributed by atoms with Gasteiger partial charge >= 0.3 is 0 Å². The Bertz CT molecular complexity index is 899. The standard InChI is InChI=1S/C21H18BrClN2O2/c22-16-5-9-19(10-6-16)25-21(26)14-27-20-4-2-1-3-15(20)13-24-18-11-7-17(23)8-12-18/h1-12,24H,13-14H2,(H,25,26). The molecule has 0 fully saturated rings. The van der Waals surface area contributed by atoms with Crippen molar-refractivity contribution in [2.75, 3.05) is 17.2 Å². The van der Waals surface area contributed by atoms with E-state index < -0.39 is 0 Å². The van der Waals surface area contributed by atoms with E-state index in [9.17, 15) is 4.79 Å². The molecule has 138 valence electrons. The fraction of sp³-hybridized carbons (Fsp3) is 0.0952. The zero-order chi connectivity index (χ0) is 19.1. The molecule has 2 N–H and O–H groups in total. The summed E-state index contributed by atoms with van der Waals surface area (Å²) < 4.78 is 6.68. The van der Waals surface area contributed by atoms with Crippen LogP contribution < -0.4 is 15.4 Å². The number of amides is 1. The Hall–Kier alpha value is -2.50. The molecule has 0 saturated carbocycles. The number of hydrogen-bond donors (Lipinski definition) is 2. The van der Waals surface area contributed by atoms with Crippen LogP contribution >= 0.6 is 27.5 Å². The van der Waals surface area contributed by atoms with Crippen molar-refractivity contribution in [3.05, 3.63) is 87.9 Å². The van der Waals surface area contributed by atoms with Gasteiger partial charge in [0.05, 0.1) is 0 Å². The first kappa shape index (κ1) is 19.3. The molecule has 0 radical (unpaired) electrons. The molecule has 3 aromatic carbocycles. The van der Waals surface area contributed by atoms with E-state index in [0.29, 0.717) is 17.3 Å². The van der Waals surface area contributed by atoms with E-state index >= 15 is 0 Å². The number of halogens is 2. The molecule has 6 heteroatoms. The van der Waals surface area contributed by atoms with Gasteiger partial charge in [-0.2, -0.15) is 0 Å². The third-order valence-electron chi connectivity index (χ3n) is 3.79. The van der Waals surface area contributed by atoms with Crippen molar-refractivity contribution >= 4 is 44.8 Å². The van der Waals surface area contributed by atoms with Crippen LogP contribution in [0.25, 0.3) is 0 Å². The van der Waals surface area contributed by atoms with E-state index in [1.807, 2.05) is 72.8 Å². The quantitative estimate of drug-likeness (QED) is 0.488. The highest BCUT2D eigenvalue weighted by Crippen LogP contribution is 2.21. The topological polar surface area (TPSA) is 50.4 Å². The third-order valence-corrected chi connectivity index (χ3v) is 4.57. The third kappa shape index (κ3) is 6.01. The molecular formula is C21H18BrClN2O2. The van der Waals surface area contributed by atoms with E-state index in [2.05, 4.69) is 26.6 Å². The van der Waals surface area contributed by atoms with E-state index in [1.54, 1.807) is 0 Å². The van der Waals surface area contributed by atoms with Gasteiger partial charge in [-0.15, -0.1) is 0 Å². The zero-order valence-electron chi connectivity index (χ0n) is 14.4. The first-order valence-corrected chi connectivity index (χ1v) is 9.53. The van der Waals surface area contributed by atoms with Crippen molar-refractivity contribution in [1.29, 1.82) is 0 Å². The summed E-state index contributed by atoms with van der Waals surface area (Å²) in [5.41, 5.74) is 2.65. The normalized spacial score (nSPS) is 10.3. The van der Waals surface area contributed by atoms with Gasteiger partial charge in [-0.3, -0.25) is 4.79 Å². The van der Waals surface area contributed by atoms with Gasteiger partial charge in [0.2, 0.25) is 0 Å². The minimum absolute atomic E-state index is 0.0615. The van der Waals surface area contributed by atoms with Crippen molar-refractivity contribution in [3.63, 3.8) is 0 Å². The van der Waals surface area contributed by atoms with Crippen LogP contribution in [0, 0.1) is 0 Å². The number of carbonyl (C=O) groups excluding carboxylic acids is 1. The molecule has 3 aromatic rings. The molecule has 0 aliphatic carbocycles. The second-order valence-corrected chi connectivity index (χ2v) is 7.16. The molecule has 4 nitrogen and oxygen atoms in total. The molecule has 0 heterocycles. The van der Waals surface area contributed by atoms with Gasteiger partial charge in [-0.05, 0) is 54.6 Å². The van der Waals surface area contributed by atoms with Crippen LogP contribution in [-0.4, -0.2) is 12.5 Å². The van der Waals surface area contributed by atoms with Crippen molar-refractivity contribution < 1.29 is 9.53 Å². The van der Waals surface area contributed by atoms with E-state index in [4.69, 9.17) is 16.3 Å². The predicted molar refractivity (Wildman–Crippen MR) is 113 cm³/mol. The highest BCUT2D eigenvalue weighted by atomic mass is 79.9. The van der Waals surface area contributed by atoms with Gasteiger partial charge in [0, 0.05) is 33.0 Å². The Kier molecular flexibility index (Phi) is 6.74. The number of benzene rings is 3. The number of hydrogen-bond acceptors (Lipinski definition) is 3. The molecular weight excluding hydrogens is 428 g/mol. The SMILES string of the molecule is O=C(COc1ccccc1CNc1ccc(Cl)cc1)Nc1ccc(Br)cc1. The number of ether oxygens (including phenoxy) is 1. The maximum atomic E-state index is 12.1. The van der Waals surface area contributed by atoms with Crippen molar-refractivity contribution in [2.45, 2.75) is 6.54 Å². The Morgan fingerprint density at radius 2 is 1.59 bits per heavy atom. The average molecular weight is 446 g/mol. The summed E-state index contributed by atoms with van der Waals surface area (Å²) in [5.74, 6) is 0.461. The van der Waals surface area contributed by atoms with E-state index in [1.165, 1.54) is 0 Å². The van der Waals surface area contributed by atoms with Crippen LogP contribution in [0.2, 0.25) is 5.02 Å². The summed E-state index contributed by atoms with van der Waals surface area (Å²) in [6.45, 7) is 0.514. The molecule has 3 rings (SSSR count). The van der Waals surface area contributed by atoms with Gasteiger partial charge in [-0.1, -0.05) is 45.7 Å². The number of anilines is 2. The molecule has 0 aliphatic heterocycles. The molecule has 0 saturated heterocycles. The van der Waals surface area contributed by atoms with Crippen LogP contribution in [0.15, 0.2) is 77.3 Å². The molecule has 1 amide bonds. The van der Waals surface area contributed by atoms with Crippen LogP contribution in [0.1, 0.15) is 5.56 Å². The van der Waals surface area contributed by atoms with Gasteiger partial charge in [0.1, 0.15) is 5.75 Å². The molecule has 0 spiro atoms. The number of rotatable bonds is 7. The van der Waals surface area contributed by atoms with Crippen LogP contribution in [0.3, 0.4) is 0 Å². The van der Waals surface area contributed by atoms with Gasteiger partial charge in [0.15, 0.2) is 6.61 Å². The predicted octanol–water partition coefficient (Wildman–Crippen LogP) is 5.73. The lowest BCUT2D eigenvalue weighted by atomic mass is 10.2. The fourth-order valence-electron chi connectivity index (χ4n) is 2.43. The number of carbonyl (C=O) groups is 1. The molecule has 0 aliphatic rings. The van der Waals surface area contributed by atoms with Crippen LogP contribution in [0.4, 0.5) is 11.4 Å². The minimum atomic E-state index is -0.210. The maximum absolute atomic E-state index is 12.1. The summed E-state index contributed by atoms with van der Waals surface area (Å²) in [6.07, 6.45) is 0. The second kappa shape index (κ2) is 9.44. The van der Waals surface area contributed by atoms with Gasteiger partial charge < -0.3 is 15.4 Å². The summed E-state index contributed by atoms with van der Waals surface area (Å²) >= 11 is 9.27. The highest BCUT2D eigenvalue weighted by molar-refractivity contribution is 9.10. The van der Waals surface area contributed by atoms with Crippen molar-refractivity contribution in [1.82, 2.24) is 0 Å². The lowest BCUT2D eigenvalue weighted by Crippen LogP contribution is -2.20. The van der Waals surface area contributed by atoms with Crippen molar-refractivity contribution in [3.8, 4) is 5.75 Å². The second-order valence-electron chi connectivity index (χ2n) is 5.81. The van der Waals surface area contributed by atoms with Crippen LogP contribution in [0.5, 0.6) is 5.75 Å². The first-order chi connectivity index (χ1) is 13.1. The summed E-state index contributed by atoms with van der Waals surface area (Å²) in [7, 11) is 0. The average Bonchev–Trinajstić information content (AvgIpc) is 2.68. The Balaban J connectivity index is 1.56. The maximum Gasteiger partial charge on any atom is 0.262 e. The van der Waals surface area contributed by atoms with Crippen LogP contribution in [-0.2, 0) is 11.3 Å². The lowest BCUT2D eigenvalue weighted by molar-refractivity contribution is -0.118. The van der Waals surface area contributed by atoms with Gasteiger partial charge in [0.25, 0.3) is 5.91 Å². The first-order valence-electron chi connectivity index (χ1n) is 8.36. The lowest BCUT2D eigenvalue weighted by Gasteiger charge is -2.13. The zero-order valence-corrected chi connectivity index (χ0v) is 16.8. The molecule has 0 aromatic heterocycles. The molecule has 0 bridgehead atoms. The van der Waals surface area contributed by atoms with E-state index in [0.717, 1.165) is 21.4 Å². The monoisotopic (exact) mass is 444 g/mol. The summed E-state index contributed by atoms with van der Waals surface area (Å²) in [4.78, 5) is 12.1. The smallest absolute Gasteiger partial charge is 0.262 e. The van der Waals surface area contributed by atoms with Crippen molar-refractivity contribution in [2.24, 2.45) is 0 Å². The summed E-state index contributed by atoms with van der Waals surface area (Å²) in [6, 6.07) is 22.5. The number of para-hydroxylation sites is 1. The Morgan fingerprint density at radius 3 is 2.33 bits per heavy atom. The molecule has 0 unspecified atom stereocenters. The summed E-state index contributed by atoms with van der Waals surface area (Å²) in [5, 5.41) is 6.82. The molecule has 0 atom stereocenters. The minimum Gasteiger partial charge on any atom is -0.483 e. The largest absolute Gasteiger partial charge is 0.483 e. The van der Waals surface area contributed by atoms with E-state index in [-0.39, 0.29) is 12.5 Å². The fourth-order valence-corrected chi connectivity index (χ4v) is 2.82. The number of nitrogens with one attached hydrogen (secondary N) is 2.